The molecular weight excluding hydrogens is 216 g/mol. The van der Waals surface area contributed by atoms with Crippen LogP contribution in [-0.2, 0) is 9.59 Å². The van der Waals surface area contributed by atoms with E-state index in [4.69, 9.17) is 11.6 Å². The summed E-state index contributed by atoms with van der Waals surface area (Å²) in [5.41, 5.74) is 1.36. The van der Waals surface area contributed by atoms with Crippen molar-refractivity contribution < 1.29 is 9.59 Å². The van der Waals surface area contributed by atoms with E-state index in [2.05, 4.69) is 5.32 Å². The van der Waals surface area contributed by atoms with Crippen LogP contribution in [0.5, 0.6) is 0 Å². The Morgan fingerprint density at radius 2 is 2.33 bits per heavy atom. The molecule has 1 aliphatic rings. The zero-order valence-electron chi connectivity index (χ0n) is 8.70. The lowest BCUT2D eigenvalue weighted by molar-refractivity contribution is -0.143. The average Bonchev–Trinajstić information content (AvgIpc) is 2.21. The first-order chi connectivity index (χ1) is 7.19. The van der Waals surface area contributed by atoms with E-state index < -0.39 is 0 Å². The van der Waals surface area contributed by atoms with Crippen molar-refractivity contribution in [2.24, 2.45) is 0 Å². The van der Waals surface area contributed by atoms with Crippen LogP contribution in [-0.4, -0.2) is 35.8 Å². The lowest BCUT2D eigenvalue weighted by Gasteiger charge is -2.31. The van der Waals surface area contributed by atoms with Gasteiger partial charge in [-0.1, -0.05) is 31.0 Å². The van der Waals surface area contributed by atoms with Gasteiger partial charge >= 0.3 is 0 Å². The van der Waals surface area contributed by atoms with E-state index >= 15 is 0 Å². The van der Waals surface area contributed by atoms with Gasteiger partial charge in [0.05, 0.1) is 6.54 Å². The highest BCUT2D eigenvalue weighted by Crippen LogP contribution is 2.07. The number of hydrogen-bond donors (Lipinski definition) is 1. The molecule has 0 radical (unpaired) electrons. The van der Waals surface area contributed by atoms with Crippen LogP contribution in [0.1, 0.15) is 19.8 Å². The zero-order chi connectivity index (χ0) is 11.3. The summed E-state index contributed by atoms with van der Waals surface area (Å²) in [6.07, 6.45) is 3.21. The van der Waals surface area contributed by atoms with Crippen molar-refractivity contribution in [3.63, 3.8) is 0 Å². The van der Waals surface area contributed by atoms with E-state index in [0.717, 1.165) is 6.42 Å². The van der Waals surface area contributed by atoms with Crippen LogP contribution in [0.15, 0.2) is 11.6 Å². The van der Waals surface area contributed by atoms with Crippen LogP contribution >= 0.6 is 11.6 Å². The molecular formula is C10H15ClN2O2. The molecule has 0 aromatic carbocycles. The van der Waals surface area contributed by atoms with Crippen LogP contribution < -0.4 is 5.32 Å². The topological polar surface area (TPSA) is 49.4 Å². The highest BCUT2D eigenvalue weighted by atomic mass is 35.5. The Morgan fingerprint density at radius 3 is 2.93 bits per heavy atom. The minimum absolute atomic E-state index is 0.0220. The zero-order valence-corrected chi connectivity index (χ0v) is 9.46. The Labute approximate surface area is 94.3 Å². The molecule has 84 valence electrons. The molecule has 4 nitrogen and oxygen atoms in total. The van der Waals surface area contributed by atoms with Crippen molar-refractivity contribution >= 4 is 23.4 Å². The van der Waals surface area contributed by atoms with Crippen LogP contribution in [0.2, 0.25) is 0 Å². The molecule has 1 heterocycles. The van der Waals surface area contributed by atoms with Gasteiger partial charge in [0, 0.05) is 12.1 Å². The standard InChI is InChI=1S/C10H15ClN2O2/c1-2-4-8-10(15)13(6-3-5-11)7-9(14)12-8/h3,5,8H,2,4,6-7H2,1H3,(H,12,14)/b5-3+. The van der Waals surface area contributed by atoms with Gasteiger partial charge in [0.15, 0.2) is 0 Å². The summed E-state index contributed by atoms with van der Waals surface area (Å²) in [6.45, 7) is 2.51. The molecule has 0 bridgehead atoms. The Hall–Kier alpha value is -1.03. The molecule has 1 atom stereocenters. The van der Waals surface area contributed by atoms with Gasteiger partial charge in [-0.15, -0.1) is 0 Å². The molecule has 0 aliphatic carbocycles. The maximum atomic E-state index is 11.8. The van der Waals surface area contributed by atoms with Gasteiger partial charge in [0.2, 0.25) is 11.8 Å². The fourth-order valence-corrected chi connectivity index (χ4v) is 1.66. The van der Waals surface area contributed by atoms with Crippen molar-refractivity contribution in [2.45, 2.75) is 25.8 Å². The third-order valence-electron chi connectivity index (χ3n) is 2.27. The van der Waals surface area contributed by atoms with E-state index in [1.54, 1.807) is 6.08 Å². The first-order valence-corrected chi connectivity index (χ1v) is 5.46. The quantitative estimate of drug-likeness (QED) is 0.779. The van der Waals surface area contributed by atoms with E-state index in [1.807, 2.05) is 6.92 Å². The Balaban J connectivity index is 2.63. The molecule has 0 aromatic rings. The van der Waals surface area contributed by atoms with Crippen molar-refractivity contribution in [1.29, 1.82) is 0 Å². The predicted octanol–water partition coefficient (Wildman–Crippen LogP) is 0.866. The number of amides is 2. The van der Waals surface area contributed by atoms with Gasteiger partial charge < -0.3 is 10.2 Å². The fourth-order valence-electron chi connectivity index (χ4n) is 1.58. The number of halogens is 1. The number of carbonyl (C=O) groups excluding carboxylic acids is 2. The van der Waals surface area contributed by atoms with Crippen LogP contribution in [0.3, 0.4) is 0 Å². The Morgan fingerprint density at radius 1 is 1.60 bits per heavy atom. The van der Waals surface area contributed by atoms with Crippen LogP contribution in [0.4, 0.5) is 0 Å². The molecule has 1 N–H and O–H groups in total. The minimum atomic E-state index is -0.361. The van der Waals surface area contributed by atoms with Gasteiger partial charge in [-0.05, 0) is 6.42 Å². The lowest BCUT2D eigenvalue weighted by Crippen LogP contribution is -2.57. The van der Waals surface area contributed by atoms with Gasteiger partial charge in [0.1, 0.15) is 6.04 Å². The molecule has 15 heavy (non-hydrogen) atoms. The van der Waals surface area contributed by atoms with Gasteiger partial charge in [-0.25, -0.2) is 0 Å². The fraction of sp³-hybridized carbons (Fsp3) is 0.600. The van der Waals surface area contributed by atoms with Gasteiger partial charge in [-0.3, -0.25) is 9.59 Å². The number of piperazine rings is 1. The maximum absolute atomic E-state index is 11.8. The molecule has 0 saturated carbocycles. The van der Waals surface area contributed by atoms with Crippen LogP contribution in [0, 0.1) is 0 Å². The summed E-state index contributed by atoms with van der Waals surface area (Å²) in [4.78, 5) is 24.6. The summed E-state index contributed by atoms with van der Waals surface area (Å²) in [6, 6.07) is -0.361. The smallest absolute Gasteiger partial charge is 0.245 e. The van der Waals surface area contributed by atoms with Crippen molar-refractivity contribution in [3.8, 4) is 0 Å². The Kier molecular flexibility index (Phi) is 4.62. The highest BCUT2D eigenvalue weighted by Gasteiger charge is 2.30. The molecule has 1 saturated heterocycles. The normalized spacial score (nSPS) is 22.3. The maximum Gasteiger partial charge on any atom is 0.245 e. The second kappa shape index (κ2) is 5.75. The summed E-state index contributed by atoms with van der Waals surface area (Å²) in [5, 5.41) is 2.69. The van der Waals surface area contributed by atoms with E-state index in [0.29, 0.717) is 13.0 Å². The van der Waals surface area contributed by atoms with Crippen molar-refractivity contribution in [3.05, 3.63) is 11.6 Å². The molecule has 5 heteroatoms. The summed E-state index contributed by atoms with van der Waals surface area (Å²) in [7, 11) is 0. The summed E-state index contributed by atoms with van der Waals surface area (Å²) in [5.74, 6) is -0.123. The van der Waals surface area contributed by atoms with E-state index in [-0.39, 0.29) is 24.4 Å². The molecule has 1 aliphatic heterocycles. The molecule has 1 fully saturated rings. The number of carbonyl (C=O) groups is 2. The second-order valence-corrected chi connectivity index (χ2v) is 3.74. The number of rotatable bonds is 4. The predicted molar refractivity (Wildman–Crippen MR) is 58.4 cm³/mol. The number of nitrogens with zero attached hydrogens (tertiary/aromatic N) is 1. The first-order valence-electron chi connectivity index (χ1n) is 5.02. The molecule has 0 aromatic heterocycles. The summed E-state index contributed by atoms with van der Waals surface area (Å²) >= 11 is 5.38. The van der Waals surface area contributed by atoms with Gasteiger partial charge in [0.25, 0.3) is 0 Å². The Bertz CT molecular complexity index is 279. The monoisotopic (exact) mass is 230 g/mol. The molecule has 1 rings (SSSR count). The molecule has 1 unspecified atom stereocenters. The number of hydrogen-bond acceptors (Lipinski definition) is 2. The molecule has 0 spiro atoms. The largest absolute Gasteiger partial charge is 0.343 e. The van der Waals surface area contributed by atoms with E-state index in [9.17, 15) is 9.59 Å². The van der Waals surface area contributed by atoms with Crippen molar-refractivity contribution in [2.75, 3.05) is 13.1 Å². The van der Waals surface area contributed by atoms with Gasteiger partial charge in [-0.2, -0.15) is 0 Å². The average molecular weight is 231 g/mol. The SMILES string of the molecule is CCCC1NC(=O)CN(C/C=C/Cl)C1=O. The first kappa shape index (κ1) is 12.0. The second-order valence-electron chi connectivity index (χ2n) is 3.49. The summed E-state index contributed by atoms with van der Waals surface area (Å²) < 4.78 is 0. The third kappa shape index (κ3) is 3.23. The minimum Gasteiger partial charge on any atom is -0.343 e. The van der Waals surface area contributed by atoms with Crippen LogP contribution in [0.25, 0.3) is 0 Å². The third-order valence-corrected chi connectivity index (χ3v) is 2.45. The lowest BCUT2D eigenvalue weighted by atomic mass is 10.1. The van der Waals surface area contributed by atoms with Crippen molar-refractivity contribution in [1.82, 2.24) is 10.2 Å². The number of nitrogens with one attached hydrogen (secondary N) is 1. The molecule has 2 amide bonds. The highest BCUT2D eigenvalue weighted by molar-refractivity contribution is 6.25. The van der Waals surface area contributed by atoms with E-state index in [1.165, 1.54) is 10.4 Å².